The van der Waals surface area contributed by atoms with E-state index in [4.69, 9.17) is 10.00 Å². The molecule has 1 aromatic rings. The van der Waals surface area contributed by atoms with Gasteiger partial charge in [-0.15, -0.1) is 0 Å². The third-order valence-corrected chi connectivity index (χ3v) is 3.45. The van der Waals surface area contributed by atoms with E-state index in [9.17, 15) is 14.9 Å². The molecule has 0 unspecified atom stereocenters. The number of nitro groups is 1. The Balaban J connectivity index is 2.15. The molecular formula is C14H16N4O4. The van der Waals surface area contributed by atoms with Crippen LogP contribution in [0.3, 0.4) is 0 Å². The van der Waals surface area contributed by atoms with Gasteiger partial charge in [-0.2, -0.15) is 5.26 Å². The molecular weight excluding hydrogens is 288 g/mol. The van der Waals surface area contributed by atoms with E-state index in [0.717, 1.165) is 0 Å². The summed E-state index contributed by atoms with van der Waals surface area (Å²) in [5, 5.41) is 20.1. The second-order valence-corrected chi connectivity index (χ2v) is 4.75. The van der Waals surface area contributed by atoms with E-state index in [1.54, 1.807) is 11.8 Å². The molecule has 1 heterocycles. The van der Waals surface area contributed by atoms with E-state index in [0.29, 0.717) is 44.0 Å². The van der Waals surface area contributed by atoms with Crippen LogP contribution in [0.2, 0.25) is 0 Å². The number of nitriles is 1. The molecule has 0 radical (unpaired) electrons. The van der Waals surface area contributed by atoms with Gasteiger partial charge in [0.05, 0.1) is 23.2 Å². The Bertz CT molecular complexity index is 618. The molecule has 1 fully saturated rings. The highest BCUT2D eigenvalue weighted by atomic mass is 16.6. The summed E-state index contributed by atoms with van der Waals surface area (Å²) < 4.78 is 4.94. The van der Waals surface area contributed by atoms with Crippen LogP contribution in [0.25, 0.3) is 0 Å². The van der Waals surface area contributed by atoms with Crippen LogP contribution in [0.15, 0.2) is 18.2 Å². The SMILES string of the molecule is CCOC(=O)N1CCN(c2cc(C#N)ccc2[N+](=O)[O-])CC1. The molecule has 1 aliphatic rings. The lowest BCUT2D eigenvalue weighted by atomic mass is 10.1. The second-order valence-electron chi connectivity index (χ2n) is 4.75. The molecule has 8 heteroatoms. The van der Waals surface area contributed by atoms with Gasteiger partial charge in [0.1, 0.15) is 5.69 Å². The Morgan fingerprint density at radius 1 is 1.41 bits per heavy atom. The van der Waals surface area contributed by atoms with Crippen molar-refractivity contribution < 1.29 is 14.5 Å². The van der Waals surface area contributed by atoms with Crippen LogP contribution < -0.4 is 4.90 Å². The molecule has 1 aromatic carbocycles. The highest BCUT2D eigenvalue weighted by Crippen LogP contribution is 2.30. The molecule has 1 amide bonds. The first-order valence-corrected chi connectivity index (χ1v) is 6.92. The third-order valence-electron chi connectivity index (χ3n) is 3.45. The quantitative estimate of drug-likeness (QED) is 0.623. The normalized spacial score (nSPS) is 14.4. The summed E-state index contributed by atoms with van der Waals surface area (Å²) in [6.07, 6.45) is -0.373. The predicted octanol–water partition coefficient (Wildman–Crippen LogP) is 1.74. The molecule has 8 nitrogen and oxygen atoms in total. The highest BCUT2D eigenvalue weighted by Gasteiger charge is 2.26. The van der Waals surface area contributed by atoms with Gasteiger partial charge in [-0.3, -0.25) is 10.1 Å². The van der Waals surface area contributed by atoms with Gasteiger partial charge in [0, 0.05) is 32.2 Å². The predicted molar refractivity (Wildman–Crippen MR) is 78.6 cm³/mol. The van der Waals surface area contributed by atoms with Crippen LogP contribution in [0.1, 0.15) is 12.5 Å². The van der Waals surface area contributed by atoms with Crippen molar-refractivity contribution in [2.45, 2.75) is 6.92 Å². The van der Waals surface area contributed by atoms with E-state index in [1.807, 2.05) is 11.0 Å². The Morgan fingerprint density at radius 3 is 2.64 bits per heavy atom. The number of piperazine rings is 1. The minimum Gasteiger partial charge on any atom is -0.450 e. The number of benzene rings is 1. The van der Waals surface area contributed by atoms with Crippen molar-refractivity contribution in [3.05, 3.63) is 33.9 Å². The van der Waals surface area contributed by atoms with Gasteiger partial charge in [0.15, 0.2) is 0 Å². The molecule has 0 N–H and O–H groups in total. The number of hydrogen-bond acceptors (Lipinski definition) is 6. The third kappa shape index (κ3) is 3.25. The van der Waals surface area contributed by atoms with Crippen molar-refractivity contribution >= 4 is 17.5 Å². The summed E-state index contributed by atoms with van der Waals surface area (Å²) in [6, 6.07) is 6.26. The van der Waals surface area contributed by atoms with Gasteiger partial charge in [-0.1, -0.05) is 0 Å². The average molecular weight is 304 g/mol. The fourth-order valence-electron chi connectivity index (χ4n) is 2.35. The maximum atomic E-state index is 11.7. The van der Waals surface area contributed by atoms with Gasteiger partial charge in [-0.25, -0.2) is 4.79 Å². The molecule has 0 atom stereocenters. The van der Waals surface area contributed by atoms with Crippen molar-refractivity contribution in [1.29, 1.82) is 5.26 Å². The number of carbonyl (C=O) groups excluding carboxylic acids is 1. The lowest BCUT2D eigenvalue weighted by Crippen LogP contribution is -2.49. The number of nitrogens with zero attached hydrogens (tertiary/aromatic N) is 4. The molecule has 0 saturated carbocycles. The van der Waals surface area contributed by atoms with Crippen LogP contribution in [-0.2, 0) is 4.74 Å². The molecule has 1 aliphatic heterocycles. The van der Waals surface area contributed by atoms with Gasteiger partial charge < -0.3 is 14.5 Å². The van der Waals surface area contributed by atoms with Crippen molar-refractivity contribution in [3.63, 3.8) is 0 Å². The zero-order valence-corrected chi connectivity index (χ0v) is 12.2. The standard InChI is InChI=1S/C14H16N4O4/c1-2-22-14(19)17-7-5-16(6-8-17)13-9-11(10-15)3-4-12(13)18(20)21/h3-4,9H,2,5-8H2,1H3. The van der Waals surface area contributed by atoms with Crippen molar-refractivity contribution in [2.24, 2.45) is 0 Å². The van der Waals surface area contributed by atoms with Crippen molar-refractivity contribution in [1.82, 2.24) is 4.90 Å². The summed E-state index contributed by atoms with van der Waals surface area (Å²) in [4.78, 5) is 25.7. The highest BCUT2D eigenvalue weighted by molar-refractivity contribution is 5.69. The largest absolute Gasteiger partial charge is 0.450 e. The second kappa shape index (κ2) is 6.76. The molecule has 0 aliphatic carbocycles. The monoisotopic (exact) mass is 304 g/mol. The first-order valence-electron chi connectivity index (χ1n) is 6.92. The van der Waals surface area contributed by atoms with E-state index in [1.165, 1.54) is 18.2 Å². The van der Waals surface area contributed by atoms with Gasteiger partial charge in [0.2, 0.25) is 0 Å². The first-order chi connectivity index (χ1) is 10.6. The average Bonchev–Trinajstić information content (AvgIpc) is 2.54. The number of anilines is 1. The van der Waals surface area contributed by atoms with Crippen molar-refractivity contribution in [3.8, 4) is 6.07 Å². The van der Waals surface area contributed by atoms with E-state index in [-0.39, 0.29) is 11.8 Å². The number of ether oxygens (including phenoxy) is 1. The maximum Gasteiger partial charge on any atom is 0.409 e. The zero-order chi connectivity index (χ0) is 16.1. The van der Waals surface area contributed by atoms with Crippen LogP contribution in [0.5, 0.6) is 0 Å². The van der Waals surface area contributed by atoms with E-state index < -0.39 is 4.92 Å². The molecule has 22 heavy (non-hydrogen) atoms. The van der Waals surface area contributed by atoms with Crippen molar-refractivity contribution in [2.75, 3.05) is 37.7 Å². The Morgan fingerprint density at radius 2 is 2.09 bits per heavy atom. The lowest BCUT2D eigenvalue weighted by Gasteiger charge is -2.35. The fourth-order valence-corrected chi connectivity index (χ4v) is 2.35. The minimum absolute atomic E-state index is 0.0383. The Kier molecular flexibility index (Phi) is 4.78. The topological polar surface area (TPSA) is 99.7 Å². The first kappa shape index (κ1) is 15.6. The van der Waals surface area contributed by atoms with Crippen LogP contribution in [-0.4, -0.2) is 48.7 Å². The lowest BCUT2D eigenvalue weighted by molar-refractivity contribution is -0.384. The summed E-state index contributed by atoms with van der Waals surface area (Å²) in [6.45, 7) is 3.81. The van der Waals surface area contributed by atoms with Crippen LogP contribution >= 0.6 is 0 Å². The number of carbonyl (C=O) groups is 1. The van der Waals surface area contributed by atoms with E-state index in [2.05, 4.69) is 0 Å². The number of rotatable bonds is 3. The summed E-state index contributed by atoms with van der Waals surface area (Å²) >= 11 is 0. The van der Waals surface area contributed by atoms with Gasteiger partial charge >= 0.3 is 6.09 Å². The van der Waals surface area contributed by atoms with Crippen LogP contribution in [0.4, 0.5) is 16.2 Å². The van der Waals surface area contributed by atoms with Gasteiger partial charge in [-0.05, 0) is 19.1 Å². The molecule has 0 spiro atoms. The Hall–Kier alpha value is -2.82. The summed E-state index contributed by atoms with van der Waals surface area (Å²) in [7, 11) is 0. The smallest absolute Gasteiger partial charge is 0.409 e. The number of hydrogen-bond donors (Lipinski definition) is 0. The molecule has 2 rings (SSSR count). The maximum absolute atomic E-state index is 11.7. The van der Waals surface area contributed by atoms with E-state index >= 15 is 0 Å². The zero-order valence-electron chi connectivity index (χ0n) is 12.2. The summed E-state index contributed by atoms with van der Waals surface area (Å²) in [5.74, 6) is 0. The van der Waals surface area contributed by atoms with Crippen LogP contribution in [0, 0.1) is 21.4 Å². The Labute approximate surface area is 127 Å². The molecule has 116 valence electrons. The number of amides is 1. The molecule has 0 aromatic heterocycles. The van der Waals surface area contributed by atoms with Gasteiger partial charge in [0.25, 0.3) is 5.69 Å². The summed E-state index contributed by atoms with van der Waals surface area (Å²) in [5.41, 5.74) is 0.740. The molecule has 1 saturated heterocycles. The minimum atomic E-state index is -0.464. The fraction of sp³-hybridized carbons (Fsp3) is 0.429. The number of nitro benzene ring substituents is 1. The molecule has 0 bridgehead atoms.